The highest BCUT2D eigenvalue weighted by atomic mass is 16.5. The summed E-state index contributed by atoms with van der Waals surface area (Å²) in [5.74, 6) is 1.59. The van der Waals surface area contributed by atoms with Gasteiger partial charge in [0, 0.05) is 13.7 Å². The molecule has 0 bridgehead atoms. The van der Waals surface area contributed by atoms with Crippen molar-refractivity contribution >= 4 is 0 Å². The van der Waals surface area contributed by atoms with Crippen LogP contribution in [-0.2, 0) is 4.74 Å². The predicted molar refractivity (Wildman–Crippen MR) is 80.0 cm³/mol. The summed E-state index contributed by atoms with van der Waals surface area (Å²) in [6, 6.07) is 8.47. The van der Waals surface area contributed by atoms with Crippen molar-refractivity contribution < 1.29 is 9.47 Å². The van der Waals surface area contributed by atoms with Gasteiger partial charge in [0.25, 0.3) is 0 Å². The molecular weight excluding hydrogens is 238 g/mol. The number of nitrogens with one attached hydrogen (secondary N) is 1. The van der Waals surface area contributed by atoms with Gasteiger partial charge in [-0.3, -0.25) is 0 Å². The molecule has 19 heavy (non-hydrogen) atoms. The molecule has 1 aromatic carbocycles. The summed E-state index contributed by atoms with van der Waals surface area (Å²) in [6.07, 6.45) is 2.18. The maximum atomic E-state index is 5.71. The number of methoxy groups -OCH3 is 1. The molecule has 0 saturated carbocycles. The van der Waals surface area contributed by atoms with Crippen LogP contribution in [-0.4, -0.2) is 33.4 Å². The summed E-state index contributed by atoms with van der Waals surface area (Å²) in [4.78, 5) is 0. The normalized spacial score (nSPS) is 12.4. The van der Waals surface area contributed by atoms with Crippen LogP contribution in [0.3, 0.4) is 0 Å². The SMILES string of the molecule is CC[C@@H](C)c1ccc(OCCCNCCOC)cc1. The van der Waals surface area contributed by atoms with E-state index in [1.807, 2.05) is 0 Å². The quantitative estimate of drug-likeness (QED) is 0.659. The molecule has 0 aliphatic rings. The number of benzene rings is 1. The Morgan fingerprint density at radius 1 is 1.11 bits per heavy atom. The molecule has 3 nitrogen and oxygen atoms in total. The molecule has 0 radical (unpaired) electrons. The molecule has 1 aromatic rings. The summed E-state index contributed by atoms with van der Waals surface area (Å²) in [6.45, 7) is 7.85. The molecule has 0 spiro atoms. The second-order valence-electron chi connectivity index (χ2n) is 4.82. The number of rotatable bonds is 10. The zero-order valence-corrected chi connectivity index (χ0v) is 12.4. The lowest BCUT2D eigenvalue weighted by atomic mass is 9.99. The van der Waals surface area contributed by atoms with Gasteiger partial charge < -0.3 is 14.8 Å². The zero-order valence-electron chi connectivity index (χ0n) is 12.4. The van der Waals surface area contributed by atoms with Crippen molar-refractivity contribution in [3.8, 4) is 5.75 Å². The molecule has 0 aromatic heterocycles. The molecule has 1 atom stereocenters. The van der Waals surface area contributed by atoms with Gasteiger partial charge in [-0.2, -0.15) is 0 Å². The van der Waals surface area contributed by atoms with E-state index in [2.05, 4.69) is 43.4 Å². The average Bonchev–Trinajstić information content (AvgIpc) is 2.46. The highest BCUT2D eigenvalue weighted by molar-refractivity contribution is 5.29. The third-order valence-corrected chi connectivity index (χ3v) is 3.31. The molecule has 3 heteroatoms. The molecule has 0 aliphatic carbocycles. The minimum absolute atomic E-state index is 0.624. The molecular formula is C16H27NO2. The maximum Gasteiger partial charge on any atom is 0.119 e. The third-order valence-electron chi connectivity index (χ3n) is 3.31. The highest BCUT2D eigenvalue weighted by Crippen LogP contribution is 2.21. The zero-order chi connectivity index (χ0) is 13.9. The van der Waals surface area contributed by atoms with Crippen molar-refractivity contribution in [1.29, 1.82) is 0 Å². The average molecular weight is 265 g/mol. The first-order valence-corrected chi connectivity index (χ1v) is 7.20. The fourth-order valence-electron chi connectivity index (χ4n) is 1.81. The van der Waals surface area contributed by atoms with E-state index in [0.717, 1.165) is 38.5 Å². The molecule has 0 amide bonds. The van der Waals surface area contributed by atoms with Crippen LogP contribution in [0.4, 0.5) is 0 Å². The van der Waals surface area contributed by atoms with Gasteiger partial charge in [0.1, 0.15) is 5.75 Å². The van der Waals surface area contributed by atoms with Crippen LogP contribution in [0.5, 0.6) is 5.75 Å². The Bertz CT molecular complexity index is 324. The Morgan fingerprint density at radius 2 is 1.84 bits per heavy atom. The maximum absolute atomic E-state index is 5.71. The van der Waals surface area contributed by atoms with Crippen LogP contribution in [0.15, 0.2) is 24.3 Å². The van der Waals surface area contributed by atoms with E-state index in [4.69, 9.17) is 9.47 Å². The van der Waals surface area contributed by atoms with Crippen LogP contribution in [0.25, 0.3) is 0 Å². The fourth-order valence-corrected chi connectivity index (χ4v) is 1.81. The first kappa shape index (κ1) is 16.0. The van der Waals surface area contributed by atoms with Crippen LogP contribution in [0, 0.1) is 0 Å². The van der Waals surface area contributed by atoms with Crippen LogP contribution in [0.2, 0.25) is 0 Å². The molecule has 0 heterocycles. The first-order chi connectivity index (χ1) is 9.27. The second kappa shape index (κ2) is 9.82. The van der Waals surface area contributed by atoms with Crippen molar-refractivity contribution in [2.45, 2.75) is 32.6 Å². The van der Waals surface area contributed by atoms with Gasteiger partial charge in [-0.15, -0.1) is 0 Å². The molecule has 0 saturated heterocycles. The smallest absolute Gasteiger partial charge is 0.119 e. The van der Waals surface area contributed by atoms with E-state index in [0.29, 0.717) is 5.92 Å². The number of hydrogen-bond donors (Lipinski definition) is 1. The monoisotopic (exact) mass is 265 g/mol. The number of ether oxygens (including phenoxy) is 2. The van der Waals surface area contributed by atoms with Gasteiger partial charge in [-0.1, -0.05) is 26.0 Å². The van der Waals surface area contributed by atoms with E-state index in [-0.39, 0.29) is 0 Å². The van der Waals surface area contributed by atoms with E-state index >= 15 is 0 Å². The van der Waals surface area contributed by atoms with Crippen LogP contribution in [0.1, 0.15) is 38.2 Å². The van der Waals surface area contributed by atoms with Crippen molar-refractivity contribution in [2.24, 2.45) is 0 Å². The van der Waals surface area contributed by atoms with E-state index in [1.165, 1.54) is 12.0 Å². The molecule has 1 rings (SSSR count). The Balaban J connectivity index is 2.16. The Hall–Kier alpha value is -1.06. The third kappa shape index (κ3) is 6.60. The summed E-state index contributed by atoms with van der Waals surface area (Å²) in [7, 11) is 1.72. The predicted octanol–water partition coefficient (Wildman–Crippen LogP) is 3.21. The van der Waals surface area contributed by atoms with Gasteiger partial charge in [-0.25, -0.2) is 0 Å². The minimum atomic E-state index is 0.624. The summed E-state index contributed by atoms with van der Waals surface area (Å²) in [5.41, 5.74) is 1.39. The summed E-state index contributed by atoms with van der Waals surface area (Å²) >= 11 is 0. The van der Waals surface area contributed by atoms with Crippen LogP contribution < -0.4 is 10.1 Å². The van der Waals surface area contributed by atoms with Crippen molar-refractivity contribution in [3.63, 3.8) is 0 Å². The van der Waals surface area contributed by atoms with E-state index < -0.39 is 0 Å². The number of hydrogen-bond acceptors (Lipinski definition) is 3. The summed E-state index contributed by atoms with van der Waals surface area (Å²) < 4.78 is 10.7. The lowest BCUT2D eigenvalue weighted by molar-refractivity contribution is 0.198. The van der Waals surface area contributed by atoms with Crippen LogP contribution >= 0.6 is 0 Å². The van der Waals surface area contributed by atoms with Gasteiger partial charge in [-0.05, 0) is 43.0 Å². The van der Waals surface area contributed by atoms with Gasteiger partial charge in [0.2, 0.25) is 0 Å². The largest absolute Gasteiger partial charge is 0.494 e. The first-order valence-electron chi connectivity index (χ1n) is 7.20. The standard InChI is InChI=1S/C16H27NO2/c1-4-14(2)15-6-8-16(9-7-15)19-12-5-10-17-11-13-18-3/h6-9,14,17H,4-5,10-13H2,1-3H3/t14-/m1/s1. The van der Waals surface area contributed by atoms with Gasteiger partial charge in [0.15, 0.2) is 0 Å². The Morgan fingerprint density at radius 3 is 2.47 bits per heavy atom. The Labute approximate surface area is 117 Å². The molecule has 0 fully saturated rings. The Kier molecular flexibility index (Phi) is 8.26. The molecule has 0 unspecified atom stereocenters. The molecule has 108 valence electrons. The fraction of sp³-hybridized carbons (Fsp3) is 0.625. The van der Waals surface area contributed by atoms with Crippen molar-refractivity contribution in [3.05, 3.63) is 29.8 Å². The lowest BCUT2D eigenvalue weighted by Crippen LogP contribution is -2.21. The second-order valence-corrected chi connectivity index (χ2v) is 4.82. The van der Waals surface area contributed by atoms with E-state index in [1.54, 1.807) is 7.11 Å². The van der Waals surface area contributed by atoms with Crippen molar-refractivity contribution in [2.75, 3.05) is 33.4 Å². The lowest BCUT2D eigenvalue weighted by Gasteiger charge is -2.11. The molecule has 0 aliphatic heterocycles. The molecule has 1 N–H and O–H groups in total. The highest BCUT2D eigenvalue weighted by Gasteiger charge is 2.02. The van der Waals surface area contributed by atoms with Gasteiger partial charge >= 0.3 is 0 Å². The minimum Gasteiger partial charge on any atom is -0.494 e. The topological polar surface area (TPSA) is 30.5 Å². The van der Waals surface area contributed by atoms with Gasteiger partial charge in [0.05, 0.1) is 13.2 Å². The van der Waals surface area contributed by atoms with Crippen molar-refractivity contribution in [1.82, 2.24) is 5.32 Å². The summed E-state index contributed by atoms with van der Waals surface area (Å²) in [5, 5.41) is 3.30. The van der Waals surface area contributed by atoms with E-state index in [9.17, 15) is 0 Å².